The summed E-state index contributed by atoms with van der Waals surface area (Å²) in [5, 5.41) is 0. The smallest absolute Gasteiger partial charge is 0.206 e. The van der Waals surface area contributed by atoms with Crippen LogP contribution in [-0.4, -0.2) is 8.42 Å². The van der Waals surface area contributed by atoms with Crippen molar-refractivity contribution in [3.05, 3.63) is 59.7 Å². The standard InChI is InChI=1S/C18H22O2S/c1-13(2)17-11-10-16(12-18(17)14(3)4)21(19,20)15-8-6-5-7-9-15/h5-14H,1-4H3. The maximum absolute atomic E-state index is 12.7. The monoisotopic (exact) mass is 302 g/mol. The highest BCUT2D eigenvalue weighted by Crippen LogP contribution is 2.30. The van der Waals surface area contributed by atoms with Gasteiger partial charge in [0.1, 0.15) is 0 Å². The molecular weight excluding hydrogens is 280 g/mol. The lowest BCUT2D eigenvalue weighted by Gasteiger charge is -2.17. The van der Waals surface area contributed by atoms with Gasteiger partial charge in [0.15, 0.2) is 0 Å². The van der Waals surface area contributed by atoms with E-state index in [9.17, 15) is 8.42 Å². The van der Waals surface area contributed by atoms with Gasteiger partial charge in [-0.1, -0.05) is 52.0 Å². The fourth-order valence-electron chi connectivity index (χ4n) is 2.48. The third-order valence-electron chi connectivity index (χ3n) is 3.67. The van der Waals surface area contributed by atoms with E-state index in [1.807, 2.05) is 18.2 Å². The van der Waals surface area contributed by atoms with E-state index in [0.29, 0.717) is 21.6 Å². The van der Waals surface area contributed by atoms with E-state index in [0.717, 1.165) is 5.56 Å². The first-order chi connectivity index (χ1) is 9.84. The quantitative estimate of drug-likeness (QED) is 0.815. The van der Waals surface area contributed by atoms with Gasteiger partial charge in [-0.2, -0.15) is 0 Å². The van der Waals surface area contributed by atoms with Crippen molar-refractivity contribution in [1.29, 1.82) is 0 Å². The second kappa shape index (κ2) is 6.02. The molecule has 0 aliphatic rings. The zero-order valence-electron chi connectivity index (χ0n) is 13.0. The average molecular weight is 302 g/mol. The zero-order valence-corrected chi connectivity index (χ0v) is 13.8. The van der Waals surface area contributed by atoms with Crippen LogP contribution in [0.1, 0.15) is 50.7 Å². The Labute approximate surface area is 127 Å². The third-order valence-corrected chi connectivity index (χ3v) is 5.43. The van der Waals surface area contributed by atoms with Gasteiger partial charge in [-0.25, -0.2) is 8.42 Å². The topological polar surface area (TPSA) is 34.1 Å². The van der Waals surface area contributed by atoms with Crippen LogP contribution < -0.4 is 0 Å². The van der Waals surface area contributed by atoms with Crippen molar-refractivity contribution in [2.75, 3.05) is 0 Å². The second-order valence-electron chi connectivity index (χ2n) is 5.92. The predicted octanol–water partition coefficient (Wildman–Crippen LogP) is 4.77. The van der Waals surface area contributed by atoms with Crippen LogP contribution in [0.25, 0.3) is 0 Å². The Morgan fingerprint density at radius 3 is 1.81 bits per heavy atom. The van der Waals surface area contributed by atoms with Crippen molar-refractivity contribution in [1.82, 2.24) is 0 Å². The van der Waals surface area contributed by atoms with Crippen LogP contribution in [0.5, 0.6) is 0 Å². The van der Waals surface area contributed by atoms with Gasteiger partial charge in [0.2, 0.25) is 9.84 Å². The lowest BCUT2D eigenvalue weighted by molar-refractivity contribution is 0.595. The van der Waals surface area contributed by atoms with Crippen molar-refractivity contribution < 1.29 is 8.42 Å². The molecule has 0 N–H and O–H groups in total. The molecule has 3 heteroatoms. The van der Waals surface area contributed by atoms with E-state index in [2.05, 4.69) is 27.7 Å². The third kappa shape index (κ3) is 3.18. The number of hydrogen-bond donors (Lipinski definition) is 0. The second-order valence-corrected chi connectivity index (χ2v) is 7.87. The molecule has 2 rings (SSSR count). The fraction of sp³-hybridized carbons (Fsp3) is 0.333. The van der Waals surface area contributed by atoms with Crippen LogP contribution in [0.4, 0.5) is 0 Å². The lowest BCUT2D eigenvalue weighted by atomic mass is 9.91. The molecule has 0 unspecified atom stereocenters. The normalized spacial score (nSPS) is 12.1. The van der Waals surface area contributed by atoms with Gasteiger partial charge in [-0.05, 0) is 47.2 Å². The minimum absolute atomic E-state index is 0.299. The van der Waals surface area contributed by atoms with E-state index in [1.165, 1.54) is 5.56 Å². The van der Waals surface area contributed by atoms with Crippen molar-refractivity contribution in [2.45, 2.75) is 49.3 Å². The van der Waals surface area contributed by atoms with Crippen molar-refractivity contribution in [3.8, 4) is 0 Å². The summed E-state index contributed by atoms with van der Waals surface area (Å²) in [4.78, 5) is 0.721. The summed E-state index contributed by atoms with van der Waals surface area (Å²) < 4.78 is 25.4. The van der Waals surface area contributed by atoms with Gasteiger partial charge in [0.05, 0.1) is 9.79 Å². The zero-order chi connectivity index (χ0) is 15.6. The van der Waals surface area contributed by atoms with Gasteiger partial charge < -0.3 is 0 Å². The van der Waals surface area contributed by atoms with E-state index in [4.69, 9.17) is 0 Å². The SMILES string of the molecule is CC(C)c1ccc(S(=O)(=O)c2ccccc2)cc1C(C)C. The van der Waals surface area contributed by atoms with Crippen LogP contribution in [0.3, 0.4) is 0 Å². The summed E-state index contributed by atoms with van der Waals surface area (Å²) in [7, 11) is -3.44. The van der Waals surface area contributed by atoms with E-state index in [1.54, 1.807) is 30.3 Å². The summed E-state index contributed by atoms with van der Waals surface area (Å²) in [5.41, 5.74) is 2.33. The molecule has 0 amide bonds. The first-order valence-corrected chi connectivity index (χ1v) is 8.76. The van der Waals surface area contributed by atoms with Crippen LogP contribution >= 0.6 is 0 Å². The molecule has 0 bridgehead atoms. The Balaban J connectivity index is 2.58. The summed E-state index contributed by atoms with van der Waals surface area (Å²) in [6.07, 6.45) is 0. The number of benzene rings is 2. The average Bonchev–Trinajstić information content (AvgIpc) is 2.47. The van der Waals surface area contributed by atoms with Gasteiger partial charge >= 0.3 is 0 Å². The minimum atomic E-state index is -3.44. The van der Waals surface area contributed by atoms with Gasteiger partial charge in [-0.3, -0.25) is 0 Å². The number of rotatable bonds is 4. The van der Waals surface area contributed by atoms with Crippen LogP contribution in [0.15, 0.2) is 58.3 Å². The molecule has 0 saturated heterocycles. The Morgan fingerprint density at radius 2 is 1.29 bits per heavy atom. The molecule has 0 radical (unpaired) electrons. The Kier molecular flexibility index (Phi) is 4.52. The largest absolute Gasteiger partial charge is 0.219 e. The summed E-state index contributed by atoms with van der Waals surface area (Å²) in [6.45, 7) is 8.46. The summed E-state index contributed by atoms with van der Waals surface area (Å²) in [6, 6.07) is 14.1. The van der Waals surface area contributed by atoms with Crippen molar-refractivity contribution in [3.63, 3.8) is 0 Å². The molecule has 0 heterocycles. The highest BCUT2D eigenvalue weighted by molar-refractivity contribution is 7.91. The highest BCUT2D eigenvalue weighted by Gasteiger charge is 2.20. The Morgan fingerprint density at radius 1 is 0.714 bits per heavy atom. The molecule has 0 fully saturated rings. The first kappa shape index (κ1) is 15.8. The molecule has 2 aromatic carbocycles. The maximum atomic E-state index is 12.7. The molecule has 2 aromatic rings. The van der Waals surface area contributed by atoms with Crippen molar-refractivity contribution >= 4 is 9.84 Å². The van der Waals surface area contributed by atoms with Crippen LogP contribution in [0, 0.1) is 0 Å². The molecule has 0 atom stereocenters. The van der Waals surface area contributed by atoms with Crippen molar-refractivity contribution in [2.24, 2.45) is 0 Å². The van der Waals surface area contributed by atoms with Gasteiger partial charge in [-0.15, -0.1) is 0 Å². The number of hydrogen-bond acceptors (Lipinski definition) is 2. The molecule has 112 valence electrons. The van der Waals surface area contributed by atoms with E-state index >= 15 is 0 Å². The molecule has 0 aliphatic carbocycles. The van der Waals surface area contributed by atoms with Gasteiger partial charge in [0, 0.05) is 0 Å². The van der Waals surface area contributed by atoms with Crippen LogP contribution in [-0.2, 0) is 9.84 Å². The van der Waals surface area contributed by atoms with Gasteiger partial charge in [0.25, 0.3) is 0 Å². The first-order valence-electron chi connectivity index (χ1n) is 7.28. The fourth-order valence-corrected chi connectivity index (χ4v) is 3.80. The molecule has 0 aromatic heterocycles. The number of sulfone groups is 1. The molecule has 0 spiro atoms. The maximum Gasteiger partial charge on any atom is 0.206 e. The lowest BCUT2D eigenvalue weighted by Crippen LogP contribution is -2.05. The van der Waals surface area contributed by atoms with E-state index < -0.39 is 9.84 Å². The predicted molar refractivity (Wildman–Crippen MR) is 86.5 cm³/mol. The van der Waals surface area contributed by atoms with E-state index in [-0.39, 0.29) is 0 Å². The summed E-state index contributed by atoms with van der Waals surface area (Å²) >= 11 is 0. The molecule has 21 heavy (non-hydrogen) atoms. The highest BCUT2D eigenvalue weighted by atomic mass is 32.2. The molecule has 0 aliphatic heterocycles. The van der Waals surface area contributed by atoms with Crippen LogP contribution in [0.2, 0.25) is 0 Å². The Bertz CT molecular complexity index is 714. The summed E-state index contributed by atoms with van der Waals surface area (Å²) in [5.74, 6) is 0.684. The minimum Gasteiger partial charge on any atom is -0.219 e. The molecule has 0 saturated carbocycles. The molecular formula is C18H22O2S. The Hall–Kier alpha value is -1.61. The molecule has 2 nitrogen and oxygen atoms in total.